The Morgan fingerprint density at radius 3 is 2.64 bits per heavy atom. The highest BCUT2D eigenvalue weighted by atomic mass is 16.5. The molecule has 6 nitrogen and oxygen atoms in total. The number of carbonyl (C=O) groups is 2. The number of carbonyl (C=O) groups excluding carboxylic acids is 1. The van der Waals surface area contributed by atoms with E-state index in [1.165, 1.54) is 0 Å². The van der Waals surface area contributed by atoms with E-state index in [0.29, 0.717) is 18.8 Å². The molecular weight excluding hydrogens is 322 g/mol. The van der Waals surface area contributed by atoms with Crippen molar-refractivity contribution in [3.05, 3.63) is 29.3 Å². The molecule has 0 spiro atoms. The standard InChI is InChI=1S/C19H27NO5/c1-12(2)15-6-5-13(3)9-16(15)25-14(4)18(23)20-19(10-17(21)22)7-8-24-11-19/h5-6,9,12,14H,7-8,10-11H2,1-4H3,(H,20,23)(H,21,22). The molecule has 1 aromatic rings. The second-order valence-electron chi connectivity index (χ2n) is 7.10. The van der Waals surface area contributed by atoms with Crippen molar-refractivity contribution in [3.8, 4) is 5.75 Å². The first kappa shape index (κ1) is 19.2. The average molecular weight is 349 g/mol. The van der Waals surface area contributed by atoms with Crippen molar-refractivity contribution < 1.29 is 24.2 Å². The van der Waals surface area contributed by atoms with E-state index >= 15 is 0 Å². The van der Waals surface area contributed by atoms with Gasteiger partial charge in [-0.3, -0.25) is 9.59 Å². The third-order valence-corrected chi connectivity index (χ3v) is 4.45. The fourth-order valence-corrected chi connectivity index (χ4v) is 3.01. The van der Waals surface area contributed by atoms with Crippen LogP contribution in [0.25, 0.3) is 0 Å². The van der Waals surface area contributed by atoms with Crippen molar-refractivity contribution in [2.75, 3.05) is 13.2 Å². The van der Waals surface area contributed by atoms with Crippen LogP contribution in [0.4, 0.5) is 0 Å². The summed E-state index contributed by atoms with van der Waals surface area (Å²) in [7, 11) is 0. The molecule has 6 heteroatoms. The van der Waals surface area contributed by atoms with E-state index in [4.69, 9.17) is 14.6 Å². The SMILES string of the molecule is Cc1ccc(C(C)C)c(OC(C)C(=O)NC2(CC(=O)O)CCOC2)c1. The van der Waals surface area contributed by atoms with E-state index in [1.54, 1.807) is 6.92 Å². The molecule has 2 rings (SSSR count). The zero-order valence-corrected chi connectivity index (χ0v) is 15.3. The van der Waals surface area contributed by atoms with E-state index in [1.807, 2.05) is 25.1 Å². The van der Waals surface area contributed by atoms with Crippen LogP contribution < -0.4 is 10.1 Å². The minimum Gasteiger partial charge on any atom is -0.481 e. The summed E-state index contributed by atoms with van der Waals surface area (Å²) in [6, 6.07) is 5.95. The summed E-state index contributed by atoms with van der Waals surface area (Å²) in [4.78, 5) is 23.7. The molecule has 0 saturated carbocycles. The highest BCUT2D eigenvalue weighted by Gasteiger charge is 2.39. The molecule has 138 valence electrons. The zero-order valence-electron chi connectivity index (χ0n) is 15.3. The minimum absolute atomic E-state index is 0.160. The van der Waals surface area contributed by atoms with Gasteiger partial charge in [-0.1, -0.05) is 26.0 Å². The van der Waals surface area contributed by atoms with Gasteiger partial charge in [0, 0.05) is 6.61 Å². The number of benzene rings is 1. The normalized spacial score (nSPS) is 21.2. The lowest BCUT2D eigenvalue weighted by atomic mass is 9.94. The quantitative estimate of drug-likeness (QED) is 0.790. The number of amides is 1. The van der Waals surface area contributed by atoms with Gasteiger partial charge in [0.1, 0.15) is 5.75 Å². The van der Waals surface area contributed by atoms with E-state index in [0.717, 1.165) is 11.1 Å². The first-order valence-electron chi connectivity index (χ1n) is 8.61. The Morgan fingerprint density at radius 2 is 2.08 bits per heavy atom. The molecule has 2 N–H and O–H groups in total. The molecule has 0 radical (unpaired) electrons. The number of hydrogen-bond donors (Lipinski definition) is 2. The molecular formula is C19H27NO5. The Morgan fingerprint density at radius 1 is 1.36 bits per heavy atom. The average Bonchev–Trinajstić information content (AvgIpc) is 2.94. The minimum atomic E-state index is -0.958. The third-order valence-electron chi connectivity index (χ3n) is 4.45. The van der Waals surface area contributed by atoms with Crippen LogP contribution in [-0.2, 0) is 14.3 Å². The number of rotatable bonds is 7. The Kier molecular flexibility index (Phi) is 6.06. The number of aryl methyl sites for hydroxylation is 1. The van der Waals surface area contributed by atoms with Gasteiger partial charge in [0.2, 0.25) is 0 Å². The molecule has 1 aliphatic heterocycles. The molecule has 1 amide bonds. The van der Waals surface area contributed by atoms with Crippen molar-refractivity contribution in [1.29, 1.82) is 0 Å². The number of carboxylic acids is 1. The first-order valence-corrected chi connectivity index (χ1v) is 8.61. The van der Waals surface area contributed by atoms with Crippen LogP contribution in [0.5, 0.6) is 5.75 Å². The van der Waals surface area contributed by atoms with E-state index < -0.39 is 17.6 Å². The van der Waals surface area contributed by atoms with Gasteiger partial charge in [-0.2, -0.15) is 0 Å². The molecule has 2 unspecified atom stereocenters. The molecule has 0 bridgehead atoms. The van der Waals surface area contributed by atoms with Crippen molar-refractivity contribution in [2.45, 2.75) is 58.1 Å². The lowest BCUT2D eigenvalue weighted by Crippen LogP contribution is -2.54. The Bertz CT molecular complexity index is 635. The molecule has 25 heavy (non-hydrogen) atoms. The largest absolute Gasteiger partial charge is 0.481 e. The smallest absolute Gasteiger partial charge is 0.305 e. The van der Waals surface area contributed by atoms with Crippen LogP contribution in [0.15, 0.2) is 18.2 Å². The van der Waals surface area contributed by atoms with Crippen molar-refractivity contribution in [3.63, 3.8) is 0 Å². The summed E-state index contributed by atoms with van der Waals surface area (Å²) in [5.74, 6) is -0.330. The van der Waals surface area contributed by atoms with E-state index in [-0.39, 0.29) is 24.9 Å². The fraction of sp³-hybridized carbons (Fsp3) is 0.579. The van der Waals surface area contributed by atoms with Crippen LogP contribution in [0.1, 0.15) is 50.7 Å². The second kappa shape index (κ2) is 7.87. The lowest BCUT2D eigenvalue weighted by Gasteiger charge is -2.29. The zero-order chi connectivity index (χ0) is 18.6. The Hall–Kier alpha value is -2.08. The van der Waals surface area contributed by atoms with Gasteiger partial charge in [0.25, 0.3) is 5.91 Å². The predicted molar refractivity (Wildman–Crippen MR) is 93.9 cm³/mol. The Labute approximate surface area is 148 Å². The highest BCUT2D eigenvalue weighted by Crippen LogP contribution is 2.29. The summed E-state index contributed by atoms with van der Waals surface area (Å²) >= 11 is 0. The van der Waals surface area contributed by atoms with Crippen molar-refractivity contribution in [1.82, 2.24) is 5.32 Å². The summed E-state index contributed by atoms with van der Waals surface area (Å²) in [5.41, 5.74) is 1.24. The topological polar surface area (TPSA) is 84.9 Å². The van der Waals surface area contributed by atoms with Crippen LogP contribution in [0.3, 0.4) is 0 Å². The Balaban J connectivity index is 2.10. The summed E-state index contributed by atoms with van der Waals surface area (Å²) in [6.07, 6.45) is -0.405. The summed E-state index contributed by atoms with van der Waals surface area (Å²) < 4.78 is 11.2. The summed E-state index contributed by atoms with van der Waals surface area (Å²) in [5, 5.41) is 12.0. The van der Waals surface area contributed by atoms with Gasteiger partial charge in [-0.25, -0.2) is 0 Å². The predicted octanol–water partition coefficient (Wildman–Crippen LogP) is 2.64. The molecule has 2 atom stereocenters. The number of ether oxygens (including phenoxy) is 2. The van der Waals surface area contributed by atoms with Gasteiger partial charge in [-0.15, -0.1) is 0 Å². The van der Waals surface area contributed by atoms with Crippen molar-refractivity contribution in [2.24, 2.45) is 0 Å². The molecule has 1 fully saturated rings. The molecule has 0 aromatic heterocycles. The van der Waals surface area contributed by atoms with E-state index in [2.05, 4.69) is 19.2 Å². The monoisotopic (exact) mass is 349 g/mol. The maximum atomic E-state index is 12.6. The molecule has 0 aliphatic carbocycles. The van der Waals surface area contributed by atoms with Crippen molar-refractivity contribution >= 4 is 11.9 Å². The van der Waals surface area contributed by atoms with Crippen LogP contribution in [0, 0.1) is 6.92 Å². The van der Waals surface area contributed by atoms with Crippen LogP contribution in [-0.4, -0.2) is 41.8 Å². The lowest BCUT2D eigenvalue weighted by molar-refractivity contribution is -0.139. The van der Waals surface area contributed by atoms with E-state index in [9.17, 15) is 9.59 Å². The maximum absolute atomic E-state index is 12.6. The van der Waals surface area contributed by atoms with Gasteiger partial charge in [0.05, 0.1) is 18.6 Å². The number of aliphatic carboxylic acids is 1. The third kappa shape index (κ3) is 4.95. The van der Waals surface area contributed by atoms with Gasteiger partial charge in [0.15, 0.2) is 6.10 Å². The second-order valence-corrected chi connectivity index (χ2v) is 7.10. The molecule has 1 aliphatic rings. The maximum Gasteiger partial charge on any atom is 0.305 e. The highest BCUT2D eigenvalue weighted by molar-refractivity contribution is 5.82. The van der Waals surface area contributed by atoms with Crippen LogP contribution >= 0.6 is 0 Å². The van der Waals surface area contributed by atoms with Gasteiger partial charge < -0.3 is 19.9 Å². The van der Waals surface area contributed by atoms with Crippen LogP contribution in [0.2, 0.25) is 0 Å². The molecule has 1 heterocycles. The number of carboxylic acid groups (broad SMARTS) is 1. The number of hydrogen-bond acceptors (Lipinski definition) is 4. The number of nitrogens with one attached hydrogen (secondary N) is 1. The summed E-state index contributed by atoms with van der Waals surface area (Å²) in [6.45, 7) is 8.43. The fourth-order valence-electron chi connectivity index (χ4n) is 3.01. The molecule has 1 aromatic carbocycles. The van der Waals surface area contributed by atoms with Gasteiger partial charge >= 0.3 is 5.97 Å². The van der Waals surface area contributed by atoms with Gasteiger partial charge in [-0.05, 0) is 43.4 Å². The molecule has 1 saturated heterocycles. The first-order chi connectivity index (χ1) is 11.7.